The van der Waals surface area contributed by atoms with Crippen LogP contribution in [0.3, 0.4) is 0 Å². The number of hydrogen-bond acceptors (Lipinski definition) is 2. The molecule has 2 heteroatoms. The van der Waals surface area contributed by atoms with E-state index in [1.54, 1.807) is 6.08 Å². The summed E-state index contributed by atoms with van der Waals surface area (Å²) in [5.74, 6) is 0.869. The van der Waals surface area contributed by atoms with E-state index in [1.165, 1.54) is 18.4 Å². The van der Waals surface area contributed by atoms with Gasteiger partial charge in [-0.05, 0) is 37.2 Å². The van der Waals surface area contributed by atoms with Gasteiger partial charge in [0.25, 0.3) is 0 Å². The molecule has 1 N–H and O–H groups in total. The standard InChI is InChI=1S/C15H24O2/c1-3-10-17-11-13-12(2)7-9-15(16)8-5-4-6-14(13)15/h3,11-12,14,16H,1,4-10H2,2H3. The summed E-state index contributed by atoms with van der Waals surface area (Å²) in [5.41, 5.74) is 0.869. The average Bonchev–Trinajstić information content (AvgIpc) is 2.33. The van der Waals surface area contributed by atoms with Gasteiger partial charge in [0.15, 0.2) is 0 Å². The molecule has 2 fully saturated rings. The Balaban J connectivity index is 2.15. The highest BCUT2D eigenvalue weighted by Crippen LogP contribution is 2.48. The van der Waals surface area contributed by atoms with Crippen LogP contribution in [-0.4, -0.2) is 17.3 Å². The van der Waals surface area contributed by atoms with Crippen LogP contribution in [0.1, 0.15) is 45.4 Å². The first-order chi connectivity index (χ1) is 8.17. The molecule has 0 spiro atoms. The molecule has 2 nitrogen and oxygen atoms in total. The van der Waals surface area contributed by atoms with Crippen molar-refractivity contribution in [3.63, 3.8) is 0 Å². The summed E-state index contributed by atoms with van der Waals surface area (Å²) >= 11 is 0. The first kappa shape index (κ1) is 12.7. The maximum absolute atomic E-state index is 10.7. The van der Waals surface area contributed by atoms with Gasteiger partial charge in [-0.3, -0.25) is 0 Å². The Morgan fingerprint density at radius 3 is 3.00 bits per heavy atom. The Labute approximate surface area is 104 Å². The number of fused-ring (bicyclic) bond motifs is 1. The van der Waals surface area contributed by atoms with Gasteiger partial charge in [0, 0.05) is 5.92 Å². The minimum atomic E-state index is -0.450. The van der Waals surface area contributed by atoms with Crippen molar-refractivity contribution in [1.29, 1.82) is 0 Å². The second-order valence-electron chi connectivity index (χ2n) is 5.58. The Morgan fingerprint density at radius 2 is 2.24 bits per heavy atom. The SMILES string of the molecule is C=CCOC=C1C(C)CCC2(O)CCCCC12. The molecule has 96 valence electrons. The van der Waals surface area contributed by atoms with Gasteiger partial charge in [-0.2, -0.15) is 0 Å². The predicted octanol–water partition coefficient (Wildman–Crippen LogP) is 3.42. The van der Waals surface area contributed by atoms with Gasteiger partial charge in [0.1, 0.15) is 6.61 Å². The molecule has 0 bridgehead atoms. The Hall–Kier alpha value is -0.760. The lowest BCUT2D eigenvalue weighted by atomic mass is 9.62. The van der Waals surface area contributed by atoms with Crippen LogP contribution in [-0.2, 0) is 4.74 Å². The second-order valence-corrected chi connectivity index (χ2v) is 5.58. The molecule has 0 aliphatic heterocycles. The van der Waals surface area contributed by atoms with Gasteiger partial charge in [0.05, 0.1) is 11.9 Å². The van der Waals surface area contributed by atoms with Crippen molar-refractivity contribution in [2.24, 2.45) is 11.8 Å². The van der Waals surface area contributed by atoms with E-state index in [1.807, 2.05) is 6.26 Å². The lowest BCUT2D eigenvalue weighted by Gasteiger charge is -2.47. The lowest BCUT2D eigenvalue weighted by molar-refractivity contribution is -0.0619. The molecule has 0 aromatic rings. The molecule has 3 unspecified atom stereocenters. The zero-order valence-electron chi connectivity index (χ0n) is 10.8. The van der Waals surface area contributed by atoms with Crippen molar-refractivity contribution in [2.45, 2.75) is 51.0 Å². The predicted molar refractivity (Wildman–Crippen MR) is 69.5 cm³/mol. The summed E-state index contributed by atoms with van der Waals surface area (Å²) in [5, 5.41) is 10.7. The number of aliphatic hydroxyl groups is 1. The van der Waals surface area contributed by atoms with E-state index in [0.717, 1.165) is 25.7 Å². The Bertz CT molecular complexity index is 308. The van der Waals surface area contributed by atoms with Crippen LogP contribution < -0.4 is 0 Å². The lowest BCUT2D eigenvalue weighted by Crippen LogP contribution is -2.46. The van der Waals surface area contributed by atoms with E-state index in [4.69, 9.17) is 4.74 Å². The summed E-state index contributed by atoms with van der Waals surface area (Å²) < 4.78 is 5.50. The maximum atomic E-state index is 10.7. The van der Waals surface area contributed by atoms with Crippen molar-refractivity contribution in [2.75, 3.05) is 6.61 Å². The summed E-state index contributed by atoms with van der Waals surface area (Å²) in [7, 11) is 0. The summed E-state index contributed by atoms with van der Waals surface area (Å²) in [6.45, 7) is 6.46. The summed E-state index contributed by atoms with van der Waals surface area (Å²) in [6.07, 6.45) is 10.2. The number of hydrogen-bond donors (Lipinski definition) is 1. The minimum Gasteiger partial charge on any atom is -0.497 e. The minimum absolute atomic E-state index is 0.324. The molecular weight excluding hydrogens is 212 g/mol. The molecule has 3 atom stereocenters. The highest BCUT2D eigenvalue weighted by atomic mass is 16.5. The smallest absolute Gasteiger partial charge is 0.105 e. The molecular formula is C15H24O2. The molecule has 17 heavy (non-hydrogen) atoms. The van der Waals surface area contributed by atoms with E-state index in [2.05, 4.69) is 13.5 Å². The van der Waals surface area contributed by atoms with E-state index in [0.29, 0.717) is 18.4 Å². The third kappa shape index (κ3) is 2.57. The van der Waals surface area contributed by atoms with Crippen molar-refractivity contribution < 1.29 is 9.84 Å². The van der Waals surface area contributed by atoms with E-state index < -0.39 is 5.60 Å². The van der Waals surface area contributed by atoms with Crippen molar-refractivity contribution in [3.8, 4) is 0 Å². The highest BCUT2D eigenvalue weighted by Gasteiger charge is 2.45. The quantitative estimate of drug-likeness (QED) is 0.462. The largest absolute Gasteiger partial charge is 0.497 e. The zero-order chi connectivity index (χ0) is 12.3. The Kier molecular flexibility index (Phi) is 3.93. The summed E-state index contributed by atoms with van der Waals surface area (Å²) in [4.78, 5) is 0. The van der Waals surface area contributed by atoms with Crippen LogP contribution in [0.4, 0.5) is 0 Å². The third-order valence-corrected chi connectivity index (χ3v) is 4.42. The molecule has 2 aliphatic rings. The molecule has 0 amide bonds. The number of ether oxygens (including phenoxy) is 1. The molecule has 0 aromatic carbocycles. The van der Waals surface area contributed by atoms with Crippen molar-refractivity contribution in [1.82, 2.24) is 0 Å². The summed E-state index contributed by atoms with van der Waals surface area (Å²) in [6, 6.07) is 0. The van der Waals surface area contributed by atoms with Crippen LogP contribution in [0.25, 0.3) is 0 Å². The van der Waals surface area contributed by atoms with Crippen LogP contribution in [0.2, 0.25) is 0 Å². The molecule has 2 aliphatic carbocycles. The Morgan fingerprint density at radius 1 is 1.41 bits per heavy atom. The molecule has 0 aromatic heterocycles. The van der Waals surface area contributed by atoms with Gasteiger partial charge < -0.3 is 9.84 Å². The van der Waals surface area contributed by atoms with Crippen LogP contribution >= 0.6 is 0 Å². The fourth-order valence-electron chi connectivity index (χ4n) is 3.39. The molecule has 0 radical (unpaired) electrons. The fraction of sp³-hybridized carbons (Fsp3) is 0.733. The average molecular weight is 236 g/mol. The normalized spacial score (nSPS) is 39.8. The van der Waals surface area contributed by atoms with E-state index in [9.17, 15) is 5.11 Å². The monoisotopic (exact) mass is 236 g/mol. The van der Waals surface area contributed by atoms with Gasteiger partial charge in [-0.25, -0.2) is 0 Å². The van der Waals surface area contributed by atoms with Crippen LogP contribution in [0.15, 0.2) is 24.5 Å². The number of rotatable bonds is 3. The molecule has 0 heterocycles. The van der Waals surface area contributed by atoms with Crippen LogP contribution in [0, 0.1) is 11.8 Å². The molecule has 0 saturated heterocycles. The molecule has 2 saturated carbocycles. The van der Waals surface area contributed by atoms with Crippen LogP contribution in [0.5, 0.6) is 0 Å². The van der Waals surface area contributed by atoms with E-state index >= 15 is 0 Å². The fourth-order valence-corrected chi connectivity index (χ4v) is 3.39. The van der Waals surface area contributed by atoms with Gasteiger partial charge in [-0.15, -0.1) is 0 Å². The topological polar surface area (TPSA) is 29.5 Å². The van der Waals surface area contributed by atoms with Gasteiger partial charge in [-0.1, -0.05) is 32.4 Å². The van der Waals surface area contributed by atoms with E-state index in [-0.39, 0.29) is 0 Å². The third-order valence-electron chi connectivity index (χ3n) is 4.42. The molecule has 2 rings (SSSR count). The zero-order valence-corrected chi connectivity index (χ0v) is 10.8. The van der Waals surface area contributed by atoms with Crippen molar-refractivity contribution in [3.05, 3.63) is 24.5 Å². The second kappa shape index (κ2) is 5.26. The van der Waals surface area contributed by atoms with Gasteiger partial charge >= 0.3 is 0 Å². The maximum Gasteiger partial charge on any atom is 0.105 e. The first-order valence-corrected chi connectivity index (χ1v) is 6.82. The van der Waals surface area contributed by atoms with Crippen molar-refractivity contribution >= 4 is 0 Å². The van der Waals surface area contributed by atoms with Gasteiger partial charge in [0.2, 0.25) is 0 Å². The first-order valence-electron chi connectivity index (χ1n) is 6.82. The highest BCUT2D eigenvalue weighted by molar-refractivity contribution is 5.18.